The lowest BCUT2D eigenvalue weighted by atomic mass is 9.99. The quantitative estimate of drug-likeness (QED) is 0.142. The number of aliphatic carboxylic acids is 1. The summed E-state index contributed by atoms with van der Waals surface area (Å²) < 4.78 is 5.41. The number of nitrogens with zero attached hydrogens (tertiary/aromatic N) is 3. The number of aromatic nitrogens is 2. The SMILES string of the molecule is CC(C)N(CCCCOC(CC(O)C(O)C(O)C(O)CO)C(=O)[O-])c1cnc(-c2ccccc2)c(-c2ccccc2)n1. The number of hydrogen-bond donors (Lipinski definition) is 5. The Balaban J connectivity index is 1.64. The van der Waals surface area contributed by atoms with Gasteiger partial charge in [0.25, 0.3) is 0 Å². The zero-order chi connectivity index (χ0) is 30.6. The third-order valence-corrected chi connectivity index (χ3v) is 6.93. The van der Waals surface area contributed by atoms with E-state index in [2.05, 4.69) is 4.90 Å². The van der Waals surface area contributed by atoms with Crippen molar-refractivity contribution in [3.63, 3.8) is 0 Å². The maximum atomic E-state index is 11.5. The first kappa shape index (κ1) is 33.1. The number of aliphatic hydroxyl groups is 5. The summed E-state index contributed by atoms with van der Waals surface area (Å²) in [7, 11) is 0. The van der Waals surface area contributed by atoms with Gasteiger partial charge in [0.15, 0.2) is 0 Å². The number of carbonyl (C=O) groups is 1. The van der Waals surface area contributed by atoms with E-state index in [9.17, 15) is 30.3 Å². The first-order valence-electron chi connectivity index (χ1n) is 14.0. The summed E-state index contributed by atoms with van der Waals surface area (Å²) in [5.74, 6) is -0.873. The van der Waals surface area contributed by atoms with Gasteiger partial charge in [-0.25, -0.2) is 4.98 Å². The first-order chi connectivity index (χ1) is 20.1. The van der Waals surface area contributed by atoms with E-state index >= 15 is 0 Å². The van der Waals surface area contributed by atoms with Gasteiger partial charge in [0, 0.05) is 36.7 Å². The molecule has 42 heavy (non-hydrogen) atoms. The van der Waals surface area contributed by atoms with Crippen LogP contribution in [0.5, 0.6) is 0 Å². The molecule has 11 heteroatoms. The number of hydrogen-bond acceptors (Lipinski definition) is 11. The Hall–Kier alpha value is -3.45. The highest BCUT2D eigenvalue weighted by molar-refractivity contribution is 5.78. The van der Waals surface area contributed by atoms with Gasteiger partial charge in [0.1, 0.15) is 24.1 Å². The molecule has 0 radical (unpaired) electrons. The van der Waals surface area contributed by atoms with Crippen molar-refractivity contribution in [1.29, 1.82) is 0 Å². The van der Waals surface area contributed by atoms with Gasteiger partial charge in [-0.1, -0.05) is 60.7 Å². The highest BCUT2D eigenvalue weighted by atomic mass is 16.5. The molecule has 3 aromatic rings. The van der Waals surface area contributed by atoms with E-state index in [1.807, 2.05) is 74.5 Å². The Morgan fingerprint density at radius 3 is 2.00 bits per heavy atom. The number of carboxylic acids is 1. The van der Waals surface area contributed by atoms with Crippen molar-refractivity contribution in [2.45, 2.75) is 69.7 Å². The Bertz CT molecular complexity index is 1230. The molecule has 3 rings (SSSR count). The second-order valence-corrected chi connectivity index (χ2v) is 10.4. The lowest BCUT2D eigenvalue weighted by Crippen LogP contribution is -2.49. The summed E-state index contributed by atoms with van der Waals surface area (Å²) in [6.07, 6.45) is -6.39. The smallest absolute Gasteiger partial charge is 0.148 e. The maximum absolute atomic E-state index is 11.5. The molecule has 0 saturated heterocycles. The summed E-state index contributed by atoms with van der Waals surface area (Å²) in [6.45, 7) is 3.90. The number of aliphatic hydroxyl groups excluding tert-OH is 5. The van der Waals surface area contributed by atoms with E-state index in [4.69, 9.17) is 19.8 Å². The van der Waals surface area contributed by atoms with Crippen LogP contribution in [0.15, 0.2) is 66.9 Å². The molecule has 0 aliphatic carbocycles. The van der Waals surface area contributed by atoms with Crippen LogP contribution in [0.25, 0.3) is 22.5 Å². The minimum atomic E-state index is -1.88. The second kappa shape index (κ2) is 16.3. The predicted molar refractivity (Wildman–Crippen MR) is 155 cm³/mol. The Morgan fingerprint density at radius 2 is 1.45 bits per heavy atom. The maximum Gasteiger partial charge on any atom is 0.148 e. The van der Waals surface area contributed by atoms with Crippen LogP contribution in [-0.2, 0) is 9.53 Å². The molecule has 0 fully saturated rings. The molecule has 5 unspecified atom stereocenters. The van der Waals surface area contributed by atoms with Crippen molar-refractivity contribution in [1.82, 2.24) is 9.97 Å². The summed E-state index contributed by atoms with van der Waals surface area (Å²) in [5.41, 5.74) is 3.45. The minimum Gasteiger partial charge on any atom is -0.547 e. The van der Waals surface area contributed by atoms with Crippen molar-refractivity contribution in [2.24, 2.45) is 0 Å². The van der Waals surface area contributed by atoms with Gasteiger partial charge in [0.2, 0.25) is 0 Å². The van der Waals surface area contributed by atoms with Crippen LogP contribution in [0.2, 0.25) is 0 Å². The number of benzene rings is 2. The molecule has 0 aliphatic rings. The molecule has 5 atom stereocenters. The summed E-state index contributed by atoms with van der Waals surface area (Å²) >= 11 is 0. The van der Waals surface area contributed by atoms with Crippen molar-refractivity contribution in [3.8, 4) is 22.5 Å². The van der Waals surface area contributed by atoms with E-state index in [0.717, 1.165) is 22.5 Å². The number of unbranched alkanes of at least 4 members (excludes halogenated alkanes) is 1. The molecule has 0 bridgehead atoms. The normalized spacial score (nSPS) is 15.1. The zero-order valence-electron chi connectivity index (χ0n) is 23.9. The first-order valence-corrected chi connectivity index (χ1v) is 14.0. The van der Waals surface area contributed by atoms with Gasteiger partial charge in [-0.05, 0) is 26.7 Å². The molecule has 1 aromatic heterocycles. The van der Waals surface area contributed by atoms with Crippen LogP contribution in [0.3, 0.4) is 0 Å². The molecule has 5 N–H and O–H groups in total. The van der Waals surface area contributed by atoms with Gasteiger partial charge < -0.3 is 45.1 Å². The summed E-state index contributed by atoms with van der Waals surface area (Å²) in [6, 6.07) is 19.8. The third kappa shape index (κ3) is 9.02. The van der Waals surface area contributed by atoms with E-state index in [0.29, 0.717) is 25.2 Å². The van der Waals surface area contributed by atoms with Crippen molar-refractivity contribution in [2.75, 3.05) is 24.7 Å². The van der Waals surface area contributed by atoms with Crippen LogP contribution in [0.4, 0.5) is 5.82 Å². The van der Waals surface area contributed by atoms with Crippen LogP contribution >= 0.6 is 0 Å². The Kier molecular flexibility index (Phi) is 12.8. The predicted octanol–water partition coefficient (Wildman–Crippen LogP) is 0.767. The van der Waals surface area contributed by atoms with E-state index < -0.39 is 49.5 Å². The number of anilines is 1. The van der Waals surface area contributed by atoms with Crippen LogP contribution in [-0.4, -0.2) is 97.8 Å². The highest BCUT2D eigenvalue weighted by Crippen LogP contribution is 2.31. The molecule has 0 spiro atoms. The van der Waals surface area contributed by atoms with Crippen molar-refractivity contribution >= 4 is 11.8 Å². The highest BCUT2D eigenvalue weighted by Gasteiger charge is 2.32. The number of ether oxygens (including phenoxy) is 1. The van der Waals surface area contributed by atoms with E-state index in [1.54, 1.807) is 6.20 Å². The minimum absolute atomic E-state index is 0.0447. The third-order valence-electron chi connectivity index (χ3n) is 6.93. The summed E-state index contributed by atoms with van der Waals surface area (Å²) in [5, 5.41) is 59.7. The lowest BCUT2D eigenvalue weighted by Gasteiger charge is -2.29. The van der Waals surface area contributed by atoms with Gasteiger partial charge in [-0.3, -0.25) is 4.98 Å². The second-order valence-electron chi connectivity index (χ2n) is 10.4. The fourth-order valence-corrected chi connectivity index (χ4v) is 4.52. The molecule has 0 saturated carbocycles. The molecule has 0 amide bonds. The fourth-order valence-electron chi connectivity index (χ4n) is 4.52. The fraction of sp³-hybridized carbons (Fsp3) is 0.452. The molecule has 0 aliphatic heterocycles. The lowest BCUT2D eigenvalue weighted by molar-refractivity contribution is -0.318. The zero-order valence-corrected chi connectivity index (χ0v) is 23.9. The number of carbonyl (C=O) groups excluding carboxylic acids is 1. The van der Waals surface area contributed by atoms with Gasteiger partial charge >= 0.3 is 0 Å². The van der Waals surface area contributed by atoms with Crippen LogP contribution in [0.1, 0.15) is 33.1 Å². The average molecular weight is 583 g/mol. The molecular formula is C31H40N3O8-. The van der Waals surface area contributed by atoms with E-state index in [1.165, 1.54) is 0 Å². The average Bonchev–Trinajstić information content (AvgIpc) is 3.01. The van der Waals surface area contributed by atoms with Gasteiger partial charge in [-0.2, -0.15) is 0 Å². The number of carboxylic acid groups (broad SMARTS) is 1. The molecule has 11 nitrogen and oxygen atoms in total. The van der Waals surface area contributed by atoms with Crippen LogP contribution in [0, 0.1) is 0 Å². The van der Waals surface area contributed by atoms with Crippen LogP contribution < -0.4 is 10.0 Å². The Labute approximate surface area is 245 Å². The largest absolute Gasteiger partial charge is 0.547 e. The van der Waals surface area contributed by atoms with Gasteiger partial charge in [-0.15, -0.1) is 0 Å². The summed E-state index contributed by atoms with van der Waals surface area (Å²) in [4.78, 5) is 23.5. The van der Waals surface area contributed by atoms with Crippen molar-refractivity contribution in [3.05, 3.63) is 66.9 Å². The van der Waals surface area contributed by atoms with Gasteiger partial charge in [0.05, 0.1) is 42.4 Å². The monoisotopic (exact) mass is 582 g/mol. The van der Waals surface area contributed by atoms with Crippen molar-refractivity contribution < 1.29 is 40.2 Å². The molecule has 228 valence electrons. The standard InChI is InChI=1S/C31H41N3O8/c1-20(2)34(15-9-10-16-42-25(31(40)41)17-23(36)29(38)30(39)24(37)19-35)26-18-32-27(21-11-5-3-6-12-21)28(33-26)22-13-7-4-8-14-22/h3-8,11-14,18,20,23-25,29-30,35-39H,9-10,15-17,19H2,1-2H3,(H,40,41)/p-1. The van der Waals surface area contributed by atoms with E-state index in [-0.39, 0.29) is 12.6 Å². The molecule has 1 heterocycles. The number of rotatable bonds is 17. The molecule has 2 aromatic carbocycles. The topological polar surface area (TPSA) is 180 Å². The Morgan fingerprint density at radius 1 is 0.881 bits per heavy atom. The molecular weight excluding hydrogens is 542 g/mol.